The van der Waals surface area contributed by atoms with Gasteiger partial charge in [-0.15, -0.1) is 0 Å². The van der Waals surface area contributed by atoms with E-state index >= 15 is 0 Å². The molecule has 1 fully saturated rings. The number of hydrogen-bond acceptors (Lipinski definition) is 2. The zero-order chi connectivity index (χ0) is 12.5. The molecule has 2 nitrogen and oxygen atoms in total. The summed E-state index contributed by atoms with van der Waals surface area (Å²) in [7, 11) is 0. The lowest BCUT2D eigenvalue weighted by Gasteiger charge is -2.28. The summed E-state index contributed by atoms with van der Waals surface area (Å²) in [6.45, 7) is 4.22. The number of nitrogens with one attached hydrogen (secondary N) is 1. The Kier molecular flexibility index (Phi) is 3.50. The van der Waals surface area contributed by atoms with E-state index in [2.05, 4.69) is 5.32 Å². The fraction of sp³-hybridized carbons (Fsp3) is 0.571. The van der Waals surface area contributed by atoms with E-state index in [0.717, 1.165) is 5.56 Å². The average Bonchev–Trinajstić information content (AvgIpc) is 3.13. The first-order valence-corrected chi connectivity index (χ1v) is 6.27. The Morgan fingerprint density at radius 1 is 1.47 bits per heavy atom. The number of rotatable bonds is 5. The smallest absolute Gasteiger partial charge is 0.126 e. The fourth-order valence-corrected chi connectivity index (χ4v) is 1.97. The van der Waals surface area contributed by atoms with Crippen molar-refractivity contribution in [3.05, 3.63) is 35.1 Å². The van der Waals surface area contributed by atoms with Gasteiger partial charge in [-0.3, -0.25) is 0 Å². The van der Waals surface area contributed by atoms with Gasteiger partial charge < -0.3 is 10.4 Å². The Balaban J connectivity index is 2.16. The first-order chi connectivity index (χ1) is 8.05. The molecule has 1 unspecified atom stereocenters. The highest BCUT2D eigenvalue weighted by Gasteiger charge is 2.30. The summed E-state index contributed by atoms with van der Waals surface area (Å²) in [5.74, 6) is -0.220. The predicted octanol–water partition coefficient (Wildman–Crippen LogP) is 2.48. The summed E-state index contributed by atoms with van der Waals surface area (Å²) in [5.41, 5.74) is 0.494. The van der Waals surface area contributed by atoms with Crippen LogP contribution in [-0.2, 0) is 5.60 Å². The van der Waals surface area contributed by atoms with Gasteiger partial charge in [-0.05, 0) is 43.4 Å². The van der Waals surface area contributed by atoms with Crippen LogP contribution in [0.15, 0.2) is 18.2 Å². The minimum absolute atomic E-state index is 0.220. The van der Waals surface area contributed by atoms with Gasteiger partial charge in [0.05, 0.1) is 0 Å². The zero-order valence-electron chi connectivity index (χ0n) is 10.5. The van der Waals surface area contributed by atoms with E-state index in [-0.39, 0.29) is 5.82 Å². The highest BCUT2D eigenvalue weighted by Crippen LogP contribution is 2.28. The van der Waals surface area contributed by atoms with E-state index in [0.29, 0.717) is 24.6 Å². The summed E-state index contributed by atoms with van der Waals surface area (Å²) in [4.78, 5) is 0. The van der Waals surface area contributed by atoms with Crippen molar-refractivity contribution in [2.45, 2.75) is 44.8 Å². The largest absolute Gasteiger partial charge is 0.384 e. The molecule has 1 aliphatic carbocycles. The van der Waals surface area contributed by atoms with Crippen LogP contribution < -0.4 is 5.32 Å². The highest BCUT2D eigenvalue weighted by atomic mass is 19.1. The molecule has 0 bridgehead atoms. The van der Waals surface area contributed by atoms with Crippen LogP contribution >= 0.6 is 0 Å². The molecule has 1 saturated carbocycles. The maximum atomic E-state index is 13.2. The Bertz CT molecular complexity index is 403. The van der Waals surface area contributed by atoms with Crippen LogP contribution in [0.2, 0.25) is 0 Å². The van der Waals surface area contributed by atoms with Crippen LogP contribution in [0.25, 0.3) is 0 Å². The average molecular weight is 237 g/mol. The summed E-state index contributed by atoms with van der Waals surface area (Å²) in [6.07, 6.45) is 3.02. The zero-order valence-corrected chi connectivity index (χ0v) is 10.5. The van der Waals surface area contributed by atoms with Gasteiger partial charge in [0.2, 0.25) is 0 Å². The number of aryl methyl sites for hydroxylation is 1. The molecular formula is C14H20FNO. The second-order valence-corrected chi connectivity index (χ2v) is 5.00. The second kappa shape index (κ2) is 4.75. The first kappa shape index (κ1) is 12.5. The SMILES string of the molecule is CCC(O)(CNC1CC1)c1ccc(F)c(C)c1. The monoisotopic (exact) mass is 237 g/mol. The van der Waals surface area contributed by atoms with Crippen molar-refractivity contribution in [3.63, 3.8) is 0 Å². The fourth-order valence-electron chi connectivity index (χ4n) is 1.97. The van der Waals surface area contributed by atoms with Gasteiger partial charge in [0.15, 0.2) is 0 Å². The summed E-state index contributed by atoms with van der Waals surface area (Å²) < 4.78 is 13.2. The maximum Gasteiger partial charge on any atom is 0.126 e. The molecule has 17 heavy (non-hydrogen) atoms. The van der Waals surface area contributed by atoms with Gasteiger partial charge in [-0.1, -0.05) is 19.1 Å². The molecule has 1 aromatic carbocycles. The number of halogens is 1. The molecule has 1 aliphatic rings. The molecular weight excluding hydrogens is 217 g/mol. The standard InChI is InChI=1S/C14H20FNO/c1-3-14(17,9-16-12-5-6-12)11-4-7-13(15)10(2)8-11/h4,7-8,12,16-17H,3,5-6,9H2,1-2H3. The third kappa shape index (κ3) is 2.85. The molecule has 0 saturated heterocycles. The highest BCUT2D eigenvalue weighted by molar-refractivity contribution is 5.29. The van der Waals surface area contributed by atoms with Crippen LogP contribution in [0.1, 0.15) is 37.3 Å². The molecule has 0 radical (unpaired) electrons. The van der Waals surface area contributed by atoms with Crippen LogP contribution in [-0.4, -0.2) is 17.7 Å². The molecule has 0 heterocycles. The summed E-state index contributed by atoms with van der Waals surface area (Å²) in [6, 6.07) is 5.42. The van der Waals surface area contributed by atoms with Crippen LogP contribution in [0.5, 0.6) is 0 Å². The Hall–Kier alpha value is -0.930. The Labute approximate surface area is 102 Å². The van der Waals surface area contributed by atoms with E-state index in [1.165, 1.54) is 18.9 Å². The van der Waals surface area contributed by atoms with Crippen molar-refractivity contribution in [2.24, 2.45) is 0 Å². The minimum Gasteiger partial charge on any atom is -0.384 e. The van der Waals surface area contributed by atoms with E-state index in [9.17, 15) is 9.50 Å². The minimum atomic E-state index is -0.888. The van der Waals surface area contributed by atoms with Gasteiger partial charge >= 0.3 is 0 Å². The maximum absolute atomic E-state index is 13.2. The lowest BCUT2D eigenvalue weighted by atomic mass is 9.90. The molecule has 1 atom stereocenters. The third-order valence-corrected chi connectivity index (χ3v) is 3.54. The molecule has 0 spiro atoms. The third-order valence-electron chi connectivity index (χ3n) is 3.54. The van der Waals surface area contributed by atoms with Crippen LogP contribution in [0, 0.1) is 12.7 Å². The van der Waals surface area contributed by atoms with Crippen LogP contribution in [0.4, 0.5) is 4.39 Å². The molecule has 1 aromatic rings. The summed E-state index contributed by atoms with van der Waals surface area (Å²) in [5, 5.41) is 13.9. The quantitative estimate of drug-likeness (QED) is 0.824. The van der Waals surface area contributed by atoms with Crippen molar-refractivity contribution in [2.75, 3.05) is 6.54 Å². The van der Waals surface area contributed by atoms with E-state index < -0.39 is 5.60 Å². The number of benzene rings is 1. The lowest BCUT2D eigenvalue weighted by Crippen LogP contribution is -2.38. The second-order valence-electron chi connectivity index (χ2n) is 5.00. The van der Waals surface area contributed by atoms with Crippen molar-refractivity contribution >= 4 is 0 Å². The molecule has 94 valence electrons. The van der Waals surface area contributed by atoms with Gasteiger partial charge in [0, 0.05) is 12.6 Å². The lowest BCUT2D eigenvalue weighted by molar-refractivity contribution is 0.0322. The van der Waals surface area contributed by atoms with Gasteiger partial charge in [-0.25, -0.2) is 4.39 Å². The Morgan fingerprint density at radius 2 is 2.18 bits per heavy atom. The Morgan fingerprint density at radius 3 is 2.71 bits per heavy atom. The topological polar surface area (TPSA) is 32.3 Å². The normalized spacial score (nSPS) is 19.1. The van der Waals surface area contributed by atoms with E-state index in [1.807, 2.05) is 6.92 Å². The van der Waals surface area contributed by atoms with Crippen molar-refractivity contribution < 1.29 is 9.50 Å². The van der Waals surface area contributed by atoms with Gasteiger partial charge in [-0.2, -0.15) is 0 Å². The van der Waals surface area contributed by atoms with Crippen molar-refractivity contribution in [3.8, 4) is 0 Å². The molecule has 0 aliphatic heterocycles. The van der Waals surface area contributed by atoms with Gasteiger partial charge in [0.1, 0.15) is 11.4 Å². The number of hydrogen-bond donors (Lipinski definition) is 2. The molecule has 2 N–H and O–H groups in total. The molecule has 0 amide bonds. The summed E-state index contributed by atoms with van der Waals surface area (Å²) >= 11 is 0. The number of aliphatic hydroxyl groups is 1. The predicted molar refractivity (Wildman–Crippen MR) is 66.3 cm³/mol. The first-order valence-electron chi connectivity index (χ1n) is 6.27. The molecule has 2 rings (SSSR count). The molecule has 3 heteroatoms. The van der Waals surface area contributed by atoms with Crippen molar-refractivity contribution in [1.29, 1.82) is 0 Å². The van der Waals surface area contributed by atoms with Crippen LogP contribution in [0.3, 0.4) is 0 Å². The van der Waals surface area contributed by atoms with E-state index in [4.69, 9.17) is 0 Å². The van der Waals surface area contributed by atoms with Gasteiger partial charge in [0.25, 0.3) is 0 Å². The van der Waals surface area contributed by atoms with E-state index in [1.54, 1.807) is 19.1 Å². The van der Waals surface area contributed by atoms with Crippen molar-refractivity contribution in [1.82, 2.24) is 5.32 Å². The molecule has 0 aromatic heterocycles.